The molecule has 0 aliphatic carbocycles. The molecule has 1 aliphatic heterocycles. The van der Waals surface area contributed by atoms with E-state index in [9.17, 15) is 8.78 Å². The van der Waals surface area contributed by atoms with Gasteiger partial charge in [-0.3, -0.25) is 4.90 Å². The van der Waals surface area contributed by atoms with E-state index in [0.717, 1.165) is 38.1 Å². The van der Waals surface area contributed by atoms with Gasteiger partial charge in [0.25, 0.3) is 0 Å². The largest absolute Gasteiger partial charge is 0.299 e. The normalized spacial score (nSPS) is 19.4. The summed E-state index contributed by atoms with van der Waals surface area (Å²) in [7, 11) is 0. The lowest BCUT2D eigenvalue weighted by Gasteiger charge is -2.34. The number of rotatable bonds is 2. The van der Waals surface area contributed by atoms with Gasteiger partial charge in [-0.05, 0) is 51.1 Å². The fourth-order valence-corrected chi connectivity index (χ4v) is 2.22. The van der Waals surface area contributed by atoms with E-state index in [-0.39, 0.29) is 11.2 Å². The number of nitrogens with zero attached hydrogens (tertiary/aromatic N) is 2. The van der Waals surface area contributed by atoms with Crippen molar-refractivity contribution >= 4 is 0 Å². The monoisotopic (exact) mass is 250 g/mol. The molecule has 0 N–H and O–H groups in total. The second-order valence-corrected chi connectivity index (χ2v) is 5.18. The van der Waals surface area contributed by atoms with Gasteiger partial charge in [0.2, 0.25) is 0 Å². The Morgan fingerprint density at radius 3 is 2.61 bits per heavy atom. The smallest absolute Gasteiger partial charge is 0.127 e. The predicted octanol–water partition coefficient (Wildman–Crippen LogP) is 3.09. The van der Waals surface area contributed by atoms with Crippen LogP contribution in [0.1, 0.15) is 25.3 Å². The third-order valence-corrected chi connectivity index (χ3v) is 3.63. The Bertz CT molecular complexity index is 471. The topological polar surface area (TPSA) is 27.0 Å². The lowest BCUT2D eigenvalue weighted by Crippen LogP contribution is -2.37. The molecule has 1 aromatic carbocycles. The van der Waals surface area contributed by atoms with Gasteiger partial charge in [-0.1, -0.05) is 0 Å². The molecule has 0 atom stereocenters. The third-order valence-electron chi connectivity index (χ3n) is 3.63. The zero-order chi connectivity index (χ0) is 13.2. The number of nitriles is 1. The van der Waals surface area contributed by atoms with E-state index in [1.54, 1.807) is 0 Å². The van der Waals surface area contributed by atoms with Crippen molar-refractivity contribution in [1.29, 1.82) is 5.26 Å². The van der Waals surface area contributed by atoms with Crippen LogP contribution in [-0.4, -0.2) is 18.0 Å². The average molecular weight is 250 g/mol. The number of hydrogen-bond donors (Lipinski definition) is 0. The van der Waals surface area contributed by atoms with Gasteiger partial charge in [-0.25, -0.2) is 8.78 Å². The molecule has 96 valence electrons. The maximum absolute atomic E-state index is 13.5. The van der Waals surface area contributed by atoms with Gasteiger partial charge in [-0.2, -0.15) is 5.26 Å². The van der Waals surface area contributed by atoms with E-state index < -0.39 is 5.82 Å². The van der Waals surface area contributed by atoms with Crippen LogP contribution >= 0.6 is 0 Å². The molecule has 1 saturated heterocycles. The number of halogens is 2. The summed E-state index contributed by atoms with van der Waals surface area (Å²) < 4.78 is 26.5. The highest BCUT2D eigenvalue weighted by Gasteiger charge is 2.29. The maximum atomic E-state index is 13.5. The van der Waals surface area contributed by atoms with Crippen LogP contribution in [0.3, 0.4) is 0 Å². The summed E-state index contributed by atoms with van der Waals surface area (Å²) in [5.74, 6) is -0.782. The zero-order valence-electron chi connectivity index (χ0n) is 10.4. The predicted molar refractivity (Wildman–Crippen MR) is 64.6 cm³/mol. The fourth-order valence-electron chi connectivity index (χ4n) is 2.22. The molecule has 1 aliphatic rings. The van der Waals surface area contributed by atoms with Crippen LogP contribution in [0.4, 0.5) is 8.78 Å². The van der Waals surface area contributed by atoms with Gasteiger partial charge >= 0.3 is 0 Å². The van der Waals surface area contributed by atoms with Crippen LogP contribution in [0, 0.1) is 28.4 Å². The lowest BCUT2D eigenvalue weighted by molar-refractivity contribution is 0.149. The van der Waals surface area contributed by atoms with E-state index >= 15 is 0 Å². The van der Waals surface area contributed by atoms with Crippen LogP contribution in [0.5, 0.6) is 0 Å². The highest BCUT2D eigenvalue weighted by molar-refractivity contribution is 5.18. The lowest BCUT2D eigenvalue weighted by atomic mass is 9.82. The summed E-state index contributed by atoms with van der Waals surface area (Å²) >= 11 is 0. The Kier molecular flexibility index (Phi) is 3.63. The number of likely N-dealkylation sites (tertiary alicyclic amines) is 1. The van der Waals surface area contributed by atoms with Crippen LogP contribution < -0.4 is 0 Å². The molecule has 0 spiro atoms. The number of hydrogen-bond acceptors (Lipinski definition) is 2. The molecular weight excluding hydrogens is 234 g/mol. The number of piperidine rings is 1. The van der Waals surface area contributed by atoms with Gasteiger partial charge in [0, 0.05) is 12.1 Å². The van der Waals surface area contributed by atoms with Crippen molar-refractivity contribution in [3.63, 3.8) is 0 Å². The molecule has 2 nitrogen and oxygen atoms in total. The van der Waals surface area contributed by atoms with E-state index in [4.69, 9.17) is 5.26 Å². The summed E-state index contributed by atoms with van der Waals surface area (Å²) in [4.78, 5) is 2.07. The fraction of sp³-hybridized carbons (Fsp3) is 0.500. The highest BCUT2D eigenvalue weighted by atomic mass is 19.1. The van der Waals surface area contributed by atoms with E-state index in [0.29, 0.717) is 12.1 Å². The van der Waals surface area contributed by atoms with E-state index in [1.807, 2.05) is 6.92 Å². The highest BCUT2D eigenvalue weighted by Crippen LogP contribution is 2.30. The average Bonchev–Trinajstić information content (AvgIpc) is 2.37. The van der Waals surface area contributed by atoms with Crippen molar-refractivity contribution in [3.05, 3.63) is 35.4 Å². The second-order valence-electron chi connectivity index (χ2n) is 5.18. The van der Waals surface area contributed by atoms with Gasteiger partial charge < -0.3 is 0 Å². The minimum Gasteiger partial charge on any atom is -0.299 e. The molecule has 4 heteroatoms. The molecule has 0 saturated carbocycles. The maximum Gasteiger partial charge on any atom is 0.127 e. The quantitative estimate of drug-likeness (QED) is 0.806. The minimum absolute atomic E-state index is 0.267. The molecule has 0 amide bonds. The van der Waals surface area contributed by atoms with Crippen LogP contribution in [0.15, 0.2) is 18.2 Å². The summed E-state index contributed by atoms with van der Waals surface area (Å²) in [6.45, 7) is 3.86. The Labute approximate surface area is 106 Å². The molecule has 1 aromatic rings. The second kappa shape index (κ2) is 5.03. The summed E-state index contributed by atoms with van der Waals surface area (Å²) in [5, 5.41) is 9.03. The molecule has 2 rings (SSSR count). The molecule has 0 bridgehead atoms. The summed E-state index contributed by atoms with van der Waals surface area (Å²) in [5.41, 5.74) is 0.118. The van der Waals surface area contributed by atoms with Crippen molar-refractivity contribution in [2.45, 2.75) is 26.3 Å². The third kappa shape index (κ3) is 2.85. The molecule has 0 unspecified atom stereocenters. The first-order valence-electron chi connectivity index (χ1n) is 6.10. The summed E-state index contributed by atoms with van der Waals surface area (Å²) in [6.07, 6.45) is 1.56. The van der Waals surface area contributed by atoms with Crippen LogP contribution in [-0.2, 0) is 6.54 Å². The Balaban J connectivity index is 2.00. The van der Waals surface area contributed by atoms with Crippen molar-refractivity contribution < 1.29 is 8.78 Å². The molecule has 0 aromatic heterocycles. The van der Waals surface area contributed by atoms with E-state index in [2.05, 4.69) is 11.0 Å². The Morgan fingerprint density at radius 1 is 1.33 bits per heavy atom. The van der Waals surface area contributed by atoms with Gasteiger partial charge in [0.15, 0.2) is 0 Å². The van der Waals surface area contributed by atoms with Gasteiger partial charge in [0.05, 0.1) is 11.5 Å². The molecule has 0 radical (unpaired) electrons. The number of benzene rings is 1. The molecular formula is C14H16F2N2. The molecule has 18 heavy (non-hydrogen) atoms. The first-order valence-corrected chi connectivity index (χ1v) is 6.10. The first-order chi connectivity index (χ1) is 8.52. The van der Waals surface area contributed by atoms with Crippen molar-refractivity contribution in [1.82, 2.24) is 4.90 Å². The van der Waals surface area contributed by atoms with Gasteiger partial charge in [0.1, 0.15) is 11.6 Å². The van der Waals surface area contributed by atoms with Gasteiger partial charge in [-0.15, -0.1) is 0 Å². The zero-order valence-corrected chi connectivity index (χ0v) is 10.4. The van der Waals surface area contributed by atoms with Crippen molar-refractivity contribution in [3.8, 4) is 6.07 Å². The molecule has 1 fully saturated rings. The molecule has 1 heterocycles. The first kappa shape index (κ1) is 13.0. The standard InChI is InChI=1S/C14H16F2N2/c1-14(10-17)4-6-18(7-5-14)9-11-8-12(15)2-3-13(11)16/h2-3,8H,4-7,9H2,1H3. The van der Waals surface area contributed by atoms with Crippen LogP contribution in [0.2, 0.25) is 0 Å². The SMILES string of the molecule is CC1(C#N)CCN(Cc2cc(F)ccc2F)CC1. The Hall–Kier alpha value is -1.47. The summed E-state index contributed by atoms with van der Waals surface area (Å²) in [6, 6.07) is 5.86. The van der Waals surface area contributed by atoms with Crippen molar-refractivity contribution in [2.24, 2.45) is 5.41 Å². The Morgan fingerprint density at radius 2 is 2.00 bits per heavy atom. The van der Waals surface area contributed by atoms with Crippen molar-refractivity contribution in [2.75, 3.05) is 13.1 Å². The van der Waals surface area contributed by atoms with Crippen LogP contribution in [0.25, 0.3) is 0 Å². The van der Waals surface area contributed by atoms with E-state index in [1.165, 1.54) is 6.07 Å². The minimum atomic E-state index is -0.412.